The van der Waals surface area contributed by atoms with Gasteiger partial charge in [-0.2, -0.15) is 0 Å². The van der Waals surface area contributed by atoms with Gasteiger partial charge in [-0.25, -0.2) is 0 Å². The van der Waals surface area contributed by atoms with E-state index in [4.69, 9.17) is 0 Å². The van der Waals surface area contributed by atoms with Crippen molar-refractivity contribution in [2.45, 2.75) is 27.2 Å². The van der Waals surface area contributed by atoms with Crippen molar-refractivity contribution in [1.29, 1.82) is 0 Å². The van der Waals surface area contributed by atoms with Gasteiger partial charge in [0.25, 0.3) is 0 Å². The standard InChI is InChI=1S/C13H20O2/c1-9(2)12(8-14)7-11-6-10(3)4-5-13(11)15/h4-6,9,12,14-15H,7-8H2,1-3H3. The highest BCUT2D eigenvalue weighted by Gasteiger charge is 2.14. The van der Waals surface area contributed by atoms with Crippen LogP contribution >= 0.6 is 0 Å². The molecule has 0 heterocycles. The van der Waals surface area contributed by atoms with Crippen LogP contribution in [-0.2, 0) is 6.42 Å². The molecule has 1 aromatic carbocycles. The molecular weight excluding hydrogens is 188 g/mol. The largest absolute Gasteiger partial charge is 0.508 e. The SMILES string of the molecule is Cc1ccc(O)c(CC(CO)C(C)C)c1. The summed E-state index contributed by atoms with van der Waals surface area (Å²) < 4.78 is 0. The zero-order valence-electron chi connectivity index (χ0n) is 9.70. The van der Waals surface area contributed by atoms with Gasteiger partial charge in [0, 0.05) is 6.61 Å². The molecule has 0 saturated heterocycles. The van der Waals surface area contributed by atoms with Gasteiger partial charge in [0.05, 0.1) is 0 Å². The van der Waals surface area contributed by atoms with Gasteiger partial charge in [-0.3, -0.25) is 0 Å². The van der Waals surface area contributed by atoms with E-state index in [1.807, 2.05) is 19.1 Å². The van der Waals surface area contributed by atoms with Crippen molar-refractivity contribution in [3.8, 4) is 5.75 Å². The number of rotatable bonds is 4. The molecule has 0 aromatic heterocycles. The minimum Gasteiger partial charge on any atom is -0.508 e. The van der Waals surface area contributed by atoms with Crippen LogP contribution in [0.2, 0.25) is 0 Å². The summed E-state index contributed by atoms with van der Waals surface area (Å²) in [6.45, 7) is 6.36. The summed E-state index contributed by atoms with van der Waals surface area (Å²) in [4.78, 5) is 0. The molecule has 0 aliphatic carbocycles. The molecular formula is C13H20O2. The summed E-state index contributed by atoms with van der Waals surface area (Å²) in [5.41, 5.74) is 2.07. The summed E-state index contributed by atoms with van der Waals surface area (Å²) in [7, 11) is 0. The molecule has 2 nitrogen and oxygen atoms in total. The average molecular weight is 208 g/mol. The van der Waals surface area contributed by atoms with Crippen LogP contribution in [0.3, 0.4) is 0 Å². The van der Waals surface area contributed by atoms with Crippen molar-refractivity contribution in [3.63, 3.8) is 0 Å². The van der Waals surface area contributed by atoms with Gasteiger partial charge in [-0.05, 0) is 36.8 Å². The Kier molecular flexibility index (Phi) is 4.15. The Balaban J connectivity index is 2.82. The normalized spacial score (nSPS) is 13.1. The maximum Gasteiger partial charge on any atom is 0.118 e. The molecule has 1 aromatic rings. The van der Waals surface area contributed by atoms with Crippen molar-refractivity contribution in [2.24, 2.45) is 11.8 Å². The Bertz CT molecular complexity index is 318. The van der Waals surface area contributed by atoms with E-state index >= 15 is 0 Å². The number of hydrogen-bond donors (Lipinski definition) is 2. The van der Waals surface area contributed by atoms with Crippen LogP contribution in [0.4, 0.5) is 0 Å². The number of hydrogen-bond acceptors (Lipinski definition) is 2. The van der Waals surface area contributed by atoms with Crippen molar-refractivity contribution in [2.75, 3.05) is 6.61 Å². The zero-order chi connectivity index (χ0) is 11.4. The smallest absolute Gasteiger partial charge is 0.118 e. The molecule has 84 valence electrons. The van der Waals surface area contributed by atoms with E-state index in [-0.39, 0.29) is 12.5 Å². The molecule has 0 aliphatic rings. The van der Waals surface area contributed by atoms with Crippen LogP contribution in [0.15, 0.2) is 18.2 Å². The summed E-state index contributed by atoms with van der Waals surface area (Å²) in [5, 5.41) is 18.9. The molecule has 2 heteroatoms. The van der Waals surface area contributed by atoms with E-state index < -0.39 is 0 Å². The number of benzene rings is 1. The highest BCUT2D eigenvalue weighted by molar-refractivity contribution is 5.35. The van der Waals surface area contributed by atoms with Crippen molar-refractivity contribution in [1.82, 2.24) is 0 Å². The quantitative estimate of drug-likeness (QED) is 0.798. The Hall–Kier alpha value is -1.02. The number of phenolic OH excluding ortho intramolecular Hbond substituents is 1. The van der Waals surface area contributed by atoms with E-state index in [9.17, 15) is 10.2 Å². The summed E-state index contributed by atoms with van der Waals surface area (Å²) in [6, 6.07) is 5.60. The molecule has 0 fully saturated rings. The fraction of sp³-hybridized carbons (Fsp3) is 0.538. The molecule has 0 bridgehead atoms. The van der Waals surface area contributed by atoms with Crippen molar-refractivity contribution >= 4 is 0 Å². The first kappa shape index (κ1) is 12.1. The van der Waals surface area contributed by atoms with Crippen molar-refractivity contribution in [3.05, 3.63) is 29.3 Å². The van der Waals surface area contributed by atoms with E-state index in [0.717, 1.165) is 17.5 Å². The monoisotopic (exact) mass is 208 g/mol. The second kappa shape index (κ2) is 5.17. The summed E-state index contributed by atoms with van der Waals surface area (Å²) in [5.74, 6) is 0.979. The minimum absolute atomic E-state index is 0.172. The number of aliphatic hydroxyl groups is 1. The van der Waals surface area contributed by atoms with Gasteiger partial charge in [0.2, 0.25) is 0 Å². The van der Waals surface area contributed by atoms with Crippen LogP contribution < -0.4 is 0 Å². The third-order valence-electron chi connectivity index (χ3n) is 2.89. The lowest BCUT2D eigenvalue weighted by Crippen LogP contribution is -2.16. The predicted octanol–water partition coefficient (Wildman–Crippen LogP) is 2.51. The predicted molar refractivity (Wildman–Crippen MR) is 62.0 cm³/mol. The molecule has 0 spiro atoms. The van der Waals surface area contributed by atoms with Crippen LogP contribution in [0.1, 0.15) is 25.0 Å². The molecule has 15 heavy (non-hydrogen) atoms. The van der Waals surface area contributed by atoms with Gasteiger partial charge in [0.1, 0.15) is 5.75 Å². The van der Waals surface area contributed by atoms with E-state index in [0.29, 0.717) is 11.7 Å². The topological polar surface area (TPSA) is 40.5 Å². The van der Waals surface area contributed by atoms with Gasteiger partial charge in [0.15, 0.2) is 0 Å². The molecule has 1 rings (SSSR count). The molecule has 0 amide bonds. The Morgan fingerprint density at radius 2 is 1.93 bits per heavy atom. The maximum atomic E-state index is 9.68. The second-order valence-electron chi connectivity index (χ2n) is 4.52. The first-order valence-electron chi connectivity index (χ1n) is 5.44. The van der Waals surface area contributed by atoms with Crippen LogP contribution in [0, 0.1) is 18.8 Å². The Morgan fingerprint density at radius 3 is 2.47 bits per heavy atom. The molecule has 0 aliphatic heterocycles. The van der Waals surface area contributed by atoms with Gasteiger partial charge in [-0.1, -0.05) is 31.5 Å². The van der Waals surface area contributed by atoms with E-state index in [1.54, 1.807) is 6.07 Å². The van der Waals surface area contributed by atoms with Gasteiger partial charge >= 0.3 is 0 Å². The lowest BCUT2D eigenvalue weighted by molar-refractivity contribution is 0.188. The third kappa shape index (κ3) is 3.24. The zero-order valence-corrected chi connectivity index (χ0v) is 9.70. The van der Waals surface area contributed by atoms with Crippen LogP contribution in [-0.4, -0.2) is 16.8 Å². The van der Waals surface area contributed by atoms with E-state index in [2.05, 4.69) is 13.8 Å². The first-order chi connectivity index (χ1) is 7.04. The first-order valence-corrected chi connectivity index (χ1v) is 5.44. The highest BCUT2D eigenvalue weighted by Crippen LogP contribution is 2.24. The summed E-state index contributed by atoms with van der Waals surface area (Å²) >= 11 is 0. The fourth-order valence-corrected chi connectivity index (χ4v) is 1.67. The van der Waals surface area contributed by atoms with Gasteiger partial charge in [-0.15, -0.1) is 0 Å². The van der Waals surface area contributed by atoms with Gasteiger partial charge < -0.3 is 10.2 Å². The average Bonchev–Trinajstić information content (AvgIpc) is 2.18. The number of aromatic hydroxyl groups is 1. The third-order valence-corrected chi connectivity index (χ3v) is 2.89. The van der Waals surface area contributed by atoms with Crippen LogP contribution in [0.5, 0.6) is 5.75 Å². The Morgan fingerprint density at radius 1 is 1.27 bits per heavy atom. The lowest BCUT2D eigenvalue weighted by Gasteiger charge is -2.18. The molecule has 0 saturated carbocycles. The number of aryl methyl sites for hydroxylation is 1. The fourth-order valence-electron chi connectivity index (χ4n) is 1.67. The highest BCUT2D eigenvalue weighted by atomic mass is 16.3. The Labute approximate surface area is 91.6 Å². The van der Waals surface area contributed by atoms with Crippen LogP contribution in [0.25, 0.3) is 0 Å². The molecule has 2 N–H and O–H groups in total. The lowest BCUT2D eigenvalue weighted by atomic mass is 9.89. The molecule has 0 radical (unpaired) electrons. The van der Waals surface area contributed by atoms with Crippen molar-refractivity contribution < 1.29 is 10.2 Å². The number of aliphatic hydroxyl groups excluding tert-OH is 1. The van der Waals surface area contributed by atoms with E-state index in [1.165, 1.54) is 0 Å². The molecule has 1 unspecified atom stereocenters. The number of phenols is 1. The second-order valence-corrected chi connectivity index (χ2v) is 4.52. The summed E-state index contributed by atoms with van der Waals surface area (Å²) in [6.07, 6.45) is 0.738. The maximum absolute atomic E-state index is 9.68. The molecule has 1 atom stereocenters. The minimum atomic E-state index is 0.172.